The molecule has 6 rings (SSSR count). The van der Waals surface area contributed by atoms with Gasteiger partial charge in [-0.1, -0.05) is 48.0 Å². The van der Waals surface area contributed by atoms with Crippen LogP contribution in [0.1, 0.15) is 6.42 Å². The molecule has 0 amide bonds. The largest absolute Gasteiger partial charge is 0.469 e. The van der Waals surface area contributed by atoms with E-state index in [-0.39, 0.29) is 16.8 Å². The third-order valence-corrected chi connectivity index (χ3v) is 10.2. The lowest BCUT2D eigenvalue weighted by Crippen LogP contribution is -2.23. The van der Waals surface area contributed by atoms with Crippen molar-refractivity contribution in [2.24, 2.45) is 5.92 Å². The second-order valence-electron chi connectivity index (χ2n) is 9.72. The Balaban J connectivity index is 1.63. The zero-order valence-electron chi connectivity index (χ0n) is 22.0. The Morgan fingerprint density at radius 1 is 1.07 bits per heavy atom. The third kappa shape index (κ3) is 4.68. The van der Waals surface area contributed by atoms with Gasteiger partial charge in [0.1, 0.15) is 0 Å². The topological polar surface area (TPSA) is 73.0 Å². The number of para-hydroxylation sites is 1. The maximum atomic E-state index is 14.4. The number of thiophene rings is 1. The molecule has 1 fully saturated rings. The first-order chi connectivity index (χ1) is 19.8. The number of hydrogen-bond donors (Lipinski definition) is 0. The van der Waals surface area contributed by atoms with Gasteiger partial charge in [-0.2, -0.15) is 11.3 Å². The summed E-state index contributed by atoms with van der Waals surface area (Å²) in [5.74, 6) is -0.452. The number of fused-ring (bicyclic) bond motifs is 1. The Morgan fingerprint density at radius 2 is 1.85 bits per heavy atom. The van der Waals surface area contributed by atoms with E-state index >= 15 is 0 Å². The molecule has 2 aromatic heterocycles. The molecule has 1 aliphatic rings. The Kier molecular flexibility index (Phi) is 7.08. The predicted molar refractivity (Wildman–Crippen MR) is 163 cm³/mol. The molecule has 5 aromatic rings. The van der Waals surface area contributed by atoms with Crippen LogP contribution in [0.2, 0.25) is 5.02 Å². The summed E-state index contributed by atoms with van der Waals surface area (Å²) in [6.45, 7) is 8.98. The molecule has 0 N–H and O–H groups in total. The minimum atomic E-state index is -4.10. The van der Waals surface area contributed by atoms with Gasteiger partial charge in [-0.3, -0.25) is 4.79 Å². The second-order valence-corrected chi connectivity index (χ2v) is 12.8. The Morgan fingerprint density at radius 3 is 2.61 bits per heavy atom. The number of carbonyl (C=O) groups is 1. The van der Waals surface area contributed by atoms with Crippen molar-refractivity contribution in [3.63, 3.8) is 0 Å². The molecule has 1 aliphatic heterocycles. The van der Waals surface area contributed by atoms with Crippen LogP contribution in [0, 0.1) is 12.5 Å². The van der Waals surface area contributed by atoms with Gasteiger partial charge in [-0.25, -0.2) is 17.2 Å². The van der Waals surface area contributed by atoms with E-state index in [1.54, 1.807) is 24.3 Å². The fraction of sp³-hybridized carbons (Fsp3) is 0.161. The van der Waals surface area contributed by atoms with Gasteiger partial charge in [0, 0.05) is 45.9 Å². The molecule has 206 valence electrons. The molecule has 0 spiro atoms. The summed E-state index contributed by atoms with van der Waals surface area (Å²) in [6, 6.07) is 23.0. The first-order valence-electron chi connectivity index (χ1n) is 12.9. The predicted octanol–water partition coefficient (Wildman–Crippen LogP) is 7.48. The highest BCUT2D eigenvalue weighted by Gasteiger charge is 2.32. The average Bonchev–Trinajstić information content (AvgIpc) is 3.74. The van der Waals surface area contributed by atoms with E-state index in [4.69, 9.17) is 22.9 Å². The molecule has 1 unspecified atom stereocenters. The van der Waals surface area contributed by atoms with Gasteiger partial charge in [0.05, 0.1) is 35.7 Å². The van der Waals surface area contributed by atoms with Crippen molar-refractivity contribution in [3.05, 3.63) is 101 Å². The van der Waals surface area contributed by atoms with Gasteiger partial charge in [0.2, 0.25) is 5.00 Å². The summed E-state index contributed by atoms with van der Waals surface area (Å²) in [7, 11) is -2.70. The van der Waals surface area contributed by atoms with E-state index in [1.165, 1.54) is 34.6 Å². The summed E-state index contributed by atoms with van der Waals surface area (Å²) in [4.78, 5) is 18.1. The molecule has 10 heteroatoms. The SMILES string of the molecule is [C-]#[N+]c1sccc1-c1c(-c2cccc(N3CCC(C(=O)OC)C3)c2)n(S(=O)(=O)c2ccc(Cl)cc2)c2ccccc12. The molecule has 0 bridgehead atoms. The molecular formula is C31H24ClN3O4S2. The minimum absolute atomic E-state index is 0.0998. The number of anilines is 1. The number of ether oxygens (including phenoxy) is 1. The van der Waals surface area contributed by atoms with Crippen LogP contribution >= 0.6 is 22.9 Å². The minimum Gasteiger partial charge on any atom is -0.469 e. The second kappa shape index (κ2) is 10.7. The molecule has 0 radical (unpaired) electrons. The maximum absolute atomic E-state index is 14.4. The lowest BCUT2D eigenvalue weighted by atomic mass is 9.99. The van der Waals surface area contributed by atoms with Crippen molar-refractivity contribution in [1.29, 1.82) is 0 Å². The van der Waals surface area contributed by atoms with Crippen LogP contribution in [0.25, 0.3) is 38.1 Å². The number of aromatic nitrogens is 1. The molecule has 3 heterocycles. The van der Waals surface area contributed by atoms with E-state index < -0.39 is 10.0 Å². The van der Waals surface area contributed by atoms with Crippen molar-refractivity contribution < 1.29 is 17.9 Å². The van der Waals surface area contributed by atoms with Crippen LogP contribution < -0.4 is 4.90 Å². The average molecular weight is 602 g/mol. The summed E-state index contributed by atoms with van der Waals surface area (Å²) in [6.07, 6.45) is 0.677. The quantitative estimate of drug-likeness (QED) is 0.149. The van der Waals surface area contributed by atoms with Crippen LogP contribution in [-0.4, -0.2) is 38.6 Å². The lowest BCUT2D eigenvalue weighted by molar-refractivity contribution is -0.144. The van der Waals surface area contributed by atoms with Crippen LogP contribution in [0.5, 0.6) is 0 Å². The molecular weight excluding hydrogens is 578 g/mol. The number of carbonyl (C=O) groups excluding carboxylic acids is 1. The van der Waals surface area contributed by atoms with Gasteiger partial charge in [0.25, 0.3) is 10.0 Å². The highest BCUT2D eigenvalue weighted by atomic mass is 35.5. The van der Waals surface area contributed by atoms with E-state index in [0.717, 1.165) is 11.1 Å². The highest BCUT2D eigenvalue weighted by Crippen LogP contribution is 2.48. The number of halogens is 1. The Bertz CT molecular complexity index is 1940. The maximum Gasteiger partial charge on any atom is 0.310 e. The van der Waals surface area contributed by atoms with E-state index in [0.29, 0.717) is 57.4 Å². The van der Waals surface area contributed by atoms with Gasteiger partial charge >= 0.3 is 5.97 Å². The number of hydrogen-bond acceptors (Lipinski definition) is 6. The smallest absolute Gasteiger partial charge is 0.310 e. The number of methoxy groups -OCH3 is 1. The van der Waals surface area contributed by atoms with Crippen molar-refractivity contribution in [2.45, 2.75) is 11.3 Å². The number of nitrogens with zero attached hydrogens (tertiary/aromatic N) is 3. The lowest BCUT2D eigenvalue weighted by Gasteiger charge is -2.20. The number of esters is 1. The molecule has 0 saturated carbocycles. The fourth-order valence-corrected chi connectivity index (χ4v) is 7.84. The van der Waals surface area contributed by atoms with Crippen molar-refractivity contribution in [3.8, 4) is 22.4 Å². The normalized spacial score (nSPS) is 15.2. The molecule has 3 aromatic carbocycles. The number of rotatable bonds is 6. The Hall–Kier alpha value is -4.10. The summed E-state index contributed by atoms with van der Waals surface area (Å²) >= 11 is 7.41. The highest BCUT2D eigenvalue weighted by molar-refractivity contribution is 7.90. The molecule has 41 heavy (non-hydrogen) atoms. The molecule has 7 nitrogen and oxygen atoms in total. The zero-order chi connectivity index (χ0) is 28.7. The monoisotopic (exact) mass is 601 g/mol. The van der Waals surface area contributed by atoms with Crippen molar-refractivity contribution >= 4 is 60.5 Å². The van der Waals surface area contributed by atoms with Gasteiger partial charge < -0.3 is 9.64 Å². The van der Waals surface area contributed by atoms with Crippen molar-refractivity contribution in [2.75, 3.05) is 25.1 Å². The van der Waals surface area contributed by atoms with Gasteiger partial charge in [-0.15, -0.1) is 0 Å². The van der Waals surface area contributed by atoms with E-state index in [2.05, 4.69) is 9.74 Å². The van der Waals surface area contributed by atoms with Gasteiger partial charge in [-0.05, 0) is 54.3 Å². The molecule has 1 atom stereocenters. The van der Waals surface area contributed by atoms with Gasteiger partial charge in [0.15, 0.2) is 0 Å². The zero-order valence-corrected chi connectivity index (χ0v) is 24.3. The summed E-state index contributed by atoms with van der Waals surface area (Å²) in [5.41, 5.74) is 3.88. The fourth-order valence-electron chi connectivity index (χ4n) is 5.49. The summed E-state index contributed by atoms with van der Waals surface area (Å²) < 4.78 is 35.1. The summed E-state index contributed by atoms with van der Waals surface area (Å²) in [5, 5.41) is 3.49. The first kappa shape index (κ1) is 27.1. The molecule has 1 saturated heterocycles. The van der Waals surface area contributed by atoms with E-state index in [9.17, 15) is 13.2 Å². The van der Waals surface area contributed by atoms with Crippen LogP contribution in [-0.2, 0) is 19.6 Å². The van der Waals surface area contributed by atoms with Crippen molar-refractivity contribution in [1.82, 2.24) is 3.97 Å². The van der Waals surface area contributed by atoms with E-state index in [1.807, 2.05) is 47.8 Å². The van der Waals surface area contributed by atoms with Crippen LogP contribution in [0.3, 0.4) is 0 Å². The van der Waals surface area contributed by atoms with Crippen LogP contribution in [0.15, 0.2) is 89.1 Å². The van der Waals surface area contributed by atoms with Crippen LogP contribution in [0.4, 0.5) is 10.7 Å². The Labute approximate surface area is 247 Å². The third-order valence-electron chi connectivity index (χ3n) is 7.41. The molecule has 0 aliphatic carbocycles. The first-order valence-corrected chi connectivity index (χ1v) is 15.6. The standard InChI is InChI=1S/C31H24ClN3O4S2/c1-33-30-26(15-17-40-30)28-25-8-3-4-9-27(25)35(41(37,38)24-12-10-22(32)11-13-24)29(28)20-6-5-7-23(18-20)34-16-14-21(19-34)31(36)39-2/h3-13,15,17-18,21H,14,16,19H2,2H3. The number of benzene rings is 3.